The zero-order valence-corrected chi connectivity index (χ0v) is 25.5. The number of halogens is 3. The van der Waals surface area contributed by atoms with Crippen molar-refractivity contribution in [2.75, 3.05) is 11.9 Å². The van der Waals surface area contributed by atoms with Gasteiger partial charge < -0.3 is 21.1 Å². The largest absolute Gasteiger partial charge is 0.444 e. The number of primary amides is 1. The van der Waals surface area contributed by atoms with E-state index in [0.717, 1.165) is 22.9 Å². The van der Waals surface area contributed by atoms with Crippen LogP contribution in [-0.2, 0) is 43.5 Å². The van der Waals surface area contributed by atoms with Gasteiger partial charge in [-0.25, -0.2) is 14.2 Å². The van der Waals surface area contributed by atoms with E-state index in [0.29, 0.717) is 11.1 Å². The van der Waals surface area contributed by atoms with Crippen LogP contribution in [0, 0.1) is 5.82 Å². The zero-order chi connectivity index (χ0) is 35.6. The van der Waals surface area contributed by atoms with Gasteiger partial charge in [-0.1, -0.05) is 60.7 Å². The van der Waals surface area contributed by atoms with Crippen LogP contribution in [0.4, 0.5) is 23.7 Å². The summed E-state index contributed by atoms with van der Waals surface area (Å²) in [6.07, 6.45) is -0.526. The number of hydrogen-bond acceptors (Lipinski definition) is 8. The molecule has 254 valence electrons. The summed E-state index contributed by atoms with van der Waals surface area (Å²) < 4.78 is 49.6. The van der Waals surface area contributed by atoms with Crippen molar-refractivity contribution in [1.82, 2.24) is 20.2 Å². The Kier molecular flexibility index (Phi) is 11.6. The first-order valence-electron chi connectivity index (χ1n) is 14.5. The molecule has 0 bridgehead atoms. The van der Waals surface area contributed by atoms with Gasteiger partial charge in [0.05, 0.1) is 18.8 Å². The fourth-order valence-corrected chi connectivity index (χ4v) is 4.47. The Balaban J connectivity index is 1.62. The van der Waals surface area contributed by atoms with Crippen molar-refractivity contribution in [3.63, 3.8) is 0 Å². The number of nitrogens with zero attached hydrogens (tertiary/aromatic N) is 2. The lowest BCUT2D eigenvalue weighted by atomic mass is 9.98. The highest BCUT2D eigenvalue weighted by Crippen LogP contribution is 2.21. The van der Waals surface area contributed by atoms with E-state index in [1.807, 2.05) is 0 Å². The molecule has 1 aromatic heterocycles. The van der Waals surface area contributed by atoms with Gasteiger partial charge in [-0.3, -0.25) is 33.9 Å². The van der Waals surface area contributed by atoms with Crippen LogP contribution >= 0.6 is 0 Å². The SMILES string of the molecule is NC(=O)CNC(=O)C(F)(F)C(=O)C(Cc1ccccc1)NC(=O)Cn1c(-c2ccc(F)cc2)ncc(NC(=O)OCc2ccccc2)c1=O. The number of anilines is 1. The van der Waals surface area contributed by atoms with E-state index in [4.69, 9.17) is 10.5 Å². The Hall–Kier alpha value is -6.32. The third-order valence-electron chi connectivity index (χ3n) is 6.85. The number of carbonyl (C=O) groups is 5. The molecule has 0 aliphatic rings. The fourth-order valence-electron chi connectivity index (χ4n) is 4.47. The highest BCUT2D eigenvalue weighted by atomic mass is 19.3. The highest BCUT2D eigenvalue weighted by Gasteiger charge is 2.50. The summed E-state index contributed by atoms with van der Waals surface area (Å²) in [5.41, 5.74) is 4.64. The predicted octanol–water partition coefficient (Wildman–Crippen LogP) is 2.33. The average molecular weight is 679 g/mol. The number of ether oxygens (including phenoxy) is 1. The van der Waals surface area contributed by atoms with Crippen LogP contribution in [0.25, 0.3) is 11.4 Å². The van der Waals surface area contributed by atoms with Crippen LogP contribution in [0.2, 0.25) is 0 Å². The van der Waals surface area contributed by atoms with Crippen LogP contribution in [0.3, 0.4) is 0 Å². The Morgan fingerprint density at radius 2 is 1.51 bits per heavy atom. The summed E-state index contributed by atoms with van der Waals surface area (Å²) in [7, 11) is 0. The minimum Gasteiger partial charge on any atom is -0.444 e. The number of hydrogen-bond donors (Lipinski definition) is 4. The summed E-state index contributed by atoms with van der Waals surface area (Å²) >= 11 is 0. The summed E-state index contributed by atoms with van der Waals surface area (Å²) in [5, 5.41) is 5.97. The van der Waals surface area contributed by atoms with Gasteiger partial charge >= 0.3 is 12.0 Å². The van der Waals surface area contributed by atoms with Crippen molar-refractivity contribution in [2.45, 2.75) is 31.5 Å². The Morgan fingerprint density at radius 1 is 0.898 bits per heavy atom. The van der Waals surface area contributed by atoms with Gasteiger partial charge in [0, 0.05) is 12.0 Å². The number of ketones is 1. The van der Waals surface area contributed by atoms with Crippen molar-refractivity contribution in [3.8, 4) is 11.4 Å². The molecule has 0 saturated heterocycles. The molecule has 16 heteroatoms. The second-order valence-electron chi connectivity index (χ2n) is 10.5. The van der Waals surface area contributed by atoms with Gasteiger partial charge in [-0.15, -0.1) is 0 Å². The molecule has 1 unspecified atom stereocenters. The van der Waals surface area contributed by atoms with E-state index in [2.05, 4.69) is 15.6 Å². The molecule has 0 aliphatic heterocycles. The van der Waals surface area contributed by atoms with E-state index < -0.39 is 78.1 Å². The van der Waals surface area contributed by atoms with E-state index in [-0.39, 0.29) is 18.0 Å². The van der Waals surface area contributed by atoms with Crippen LogP contribution in [-0.4, -0.2) is 57.7 Å². The summed E-state index contributed by atoms with van der Waals surface area (Å²) in [6.45, 7) is -2.03. The molecule has 49 heavy (non-hydrogen) atoms. The van der Waals surface area contributed by atoms with Crippen molar-refractivity contribution in [1.29, 1.82) is 0 Å². The first kappa shape index (κ1) is 35.5. The monoisotopic (exact) mass is 678 g/mol. The molecule has 1 atom stereocenters. The number of nitrogens with two attached hydrogens (primary N) is 1. The lowest BCUT2D eigenvalue weighted by Gasteiger charge is -2.23. The molecule has 3 aromatic carbocycles. The van der Waals surface area contributed by atoms with E-state index in [1.54, 1.807) is 53.8 Å². The van der Waals surface area contributed by atoms with Crippen molar-refractivity contribution >= 4 is 35.3 Å². The van der Waals surface area contributed by atoms with E-state index >= 15 is 8.78 Å². The number of nitrogens with one attached hydrogen (secondary N) is 3. The molecule has 0 saturated carbocycles. The topological polar surface area (TPSA) is 192 Å². The number of carbonyl (C=O) groups excluding carboxylic acids is 5. The third kappa shape index (κ3) is 9.60. The van der Waals surface area contributed by atoms with Crippen LogP contribution in [0.1, 0.15) is 11.1 Å². The molecule has 4 aromatic rings. The van der Waals surface area contributed by atoms with Crippen LogP contribution in [0.15, 0.2) is 95.9 Å². The number of rotatable bonds is 14. The number of Topliss-reactive ketones (excluding diaryl/α,β-unsaturated/α-hetero) is 1. The molecule has 4 rings (SSSR count). The smallest absolute Gasteiger partial charge is 0.412 e. The Labute approximate surface area is 276 Å². The molecule has 4 amide bonds. The summed E-state index contributed by atoms with van der Waals surface area (Å²) in [4.78, 5) is 79.8. The van der Waals surface area contributed by atoms with Gasteiger partial charge in [0.15, 0.2) is 0 Å². The van der Waals surface area contributed by atoms with Crippen molar-refractivity contribution in [3.05, 3.63) is 118 Å². The first-order valence-corrected chi connectivity index (χ1v) is 14.5. The Morgan fingerprint density at radius 3 is 2.12 bits per heavy atom. The molecule has 13 nitrogen and oxygen atoms in total. The standard InChI is InChI=1S/C33H29F3N6O7/c34-23-13-11-22(12-14-23)29-38-16-25(41-32(48)49-19-21-9-5-2-6-10-21)30(46)42(29)18-27(44)40-24(15-20-7-3-1-4-8-20)28(45)33(35,36)31(47)39-17-26(37)43/h1-14,16,24H,15,17-19H2,(H2,37,43)(H,39,47)(H,40,44)(H,41,48). The van der Waals surface area contributed by atoms with E-state index in [1.165, 1.54) is 24.3 Å². The molecular formula is C33H29F3N6O7. The van der Waals surface area contributed by atoms with Gasteiger partial charge in [0.1, 0.15) is 30.5 Å². The maximum Gasteiger partial charge on any atom is 0.412 e. The molecule has 0 spiro atoms. The van der Waals surface area contributed by atoms with Gasteiger partial charge in [-0.2, -0.15) is 8.78 Å². The normalized spacial score (nSPS) is 11.6. The number of alkyl halides is 2. The van der Waals surface area contributed by atoms with E-state index in [9.17, 15) is 33.2 Å². The predicted molar refractivity (Wildman–Crippen MR) is 168 cm³/mol. The lowest BCUT2D eigenvalue weighted by molar-refractivity contribution is -0.160. The minimum atomic E-state index is -4.70. The summed E-state index contributed by atoms with van der Waals surface area (Å²) in [5.74, 6) is -11.9. The maximum absolute atomic E-state index is 15.0. The third-order valence-corrected chi connectivity index (χ3v) is 6.85. The van der Waals surface area contributed by atoms with Crippen molar-refractivity contribution in [2.24, 2.45) is 5.73 Å². The van der Waals surface area contributed by atoms with Crippen LogP contribution in [0.5, 0.6) is 0 Å². The molecular weight excluding hydrogens is 649 g/mol. The number of amides is 4. The maximum atomic E-state index is 15.0. The second-order valence-corrected chi connectivity index (χ2v) is 10.5. The number of aromatic nitrogens is 2. The number of benzene rings is 3. The molecule has 0 fully saturated rings. The van der Waals surface area contributed by atoms with Gasteiger partial charge in [0.25, 0.3) is 11.5 Å². The second kappa shape index (κ2) is 16.0. The zero-order valence-electron chi connectivity index (χ0n) is 25.5. The first-order chi connectivity index (χ1) is 23.3. The molecule has 5 N–H and O–H groups in total. The molecule has 0 radical (unpaired) electrons. The highest BCUT2D eigenvalue weighted by molar-refractivity contribution is 6.11. The average Bonchev–Trinajstić information content (AvgIpc) is 3.08. The quantitative estimate of drug-likeness (QED) is 0.146. The lowest BCUT2D eigenvalue weighted by Crippen LogP contribution is -2.56. The van der Waals surface area contributed by atoms with Crippen LogP contribution < -0.4 is 27.2 Å². The molecule has 0 aliphatic carbocycles. The van der Waals surface area contributed by atoms with Crippen molar-refractivity contribution < 1.29 is 41.9 Å². The fraction of sp³-hybridized carbons (Fsp3) is 0.182. The minimum absolute atomic E-state index is 0.133. The van der Waals surface area contributed by atoms with Gasteiger partial charge in [0.2, 0.25) is 17.6 Å². The Bertz CT molecular complexity index is 1890. The molecule has 1 heterocycles. The summed E-state index contributed by atoms with van der Waals surface area (Å²) in [6, 6.07) is 19.0. The van der Waals surface area contributed by atoms with Gasteiger partial charge in [-0.05, 0) is 35.4 Å².